The van der Waals surface area contributed by atoms with Crippen LogP contribution in [0.15, 0.2) is 54.6 Å². The summed E-state index contributed by atoms with van der Waals surface area (Å²) in [6, 6.07) is 17.1. The maximum absolute atomic E-state index is 13.4. The summed E-state index contributed by atoms with van der Waals surface area (Å²) in [7, 11) is 0. The van der Waals surface area contributed by atoms with E-state index in [-0.39, 0.29) is 5.91 Å². The highest BCUT2D eigenvalue weighted by Crippen LogP contribution is 2.17. The summed E-state index contributed by atoms with van der Waals surface area (Å²) in [5.74, 6) is 1.29. The molecule has 0 radical (unpaired) electrons. The molecule has 0 unspecified atom stereocenters. The Morgan fingerprint density at radius 3 is 2.44 bits per heavy atom. The number of ether oxygens (including phenoxy) is 1. The highest BCUT2D eigenvalue weighted by Gasteiger charge is 2.26. The molecule has 4 rings (SSSR count). The van der Waals surface area contributed by atoms with Gasteiger partial charge in [-0.1, -0.05) is 41.9 Å². The summed E-state index contributed by atoms with van der Waals surface area (Å²) < 4.78 is 7.29. The van der Waals surface area contributed by atoms with Crippen molar-refractivity contribution in [1.82, 2.24) is 30.0 Å². The number of halogens is 1. The number of nitrogens with zero attached hydrogens (tertiary/aromatic N) is 6. The van der Waals surface area contributed by atoms with Gasteiger partial charge >= 0.3 is 0 Å². The van der Waals surface area contributed by atoms with Crippen LogP contribution in [0.3, 0.4) is 0 Å². The van der Waals surface area contributed by atoms with E-state index < -0.39 is 0 Å². The van der Waals surface area contributed by atoms with Crippen molar-refractivity contribution in [2.75, 3.05) is 39.3 Å². The summed E-state index contributed by atoms with van der Waals surface area (Å²) in [5.41, 5.74) is 1.36. The Hall–Kier alpha value is -3.23. The van der Waals surface area contributed by atoms with Crippen LogP contribution in [0.4, 0.5) is 0 Å². The first-order valence-corrected chi connectivity index (χ1v) is 10.9. The van der Waals surface area contributed by atoms with Gasteiger partial charge in [-0.15, -0.1) is 5.10 Å². The second kappa shape index (κ2) is 10.4. The van der Waals surface area contributed by atoms with Crippen molar-refractivity contribution in [2.45, 2.75) is 6.92 Å². The van der Waals surface area contributed by atoms with E-state index in [4.69, 9.17) is 16.3 Å². The Morgan fingerprint density at radius 2 is 1.78 bits per heavy atom. The number of hydrogen-bond acceptors (Lipinski definition) is 6. The minimum absolute atomic E-state index is 0.0821. The number of piperazine rings is 1. The molecule has 1 saturated heterocycles. The van der Waals surface area contributed by atoms with Crippen LogP contribution >= 0.6 is 11.6 Å². The Bertz CT molecular complexity index is 1060. The topological polar surface area (TPSA) is 76.4 Å². The van der Waals surface area contributed by atoms with Crippen LogP contribution < -0.4 is 4.74 Å². The van der Waals surface area contributed by atoms with Crippen LogP contribution in [-0.4, -0.2) is 75.2 Å². The van der Waals surface area contributed by atoms with E-state index in [1.807, 2.05) is 65.6 Å². The van der Waals surface area contributed by atoms with E-state index in [0.717, 1.165) is 30.9 Å². The predicted molar refractivity (Wildman–Crippen MR) is 123 cm³/mol. The molecule has 1 aliphatic rings. The fraction of sp³-hybridized carbons (Fsp3) is 0.304. The smallest absolute Gasteiger partial charge is 0.272 e. The monoisotopic (exact) mass is 452 g/mol. The molecule has 166 valence electrons. The van der Waals surface area contributed by atoms with E-state index in [2.05, 4.69) is 20.4 Å². The third kappa shape index (κ3) is 5.52. The van der Waals surface area contributed by atoms with Crippen molar-refractivity contribution in [1.29, 1.82) is 0 Å². The molecule has 2 aromatic carbocycles. The lowest BCUT2D eigenvalue weighted by Crippen LogP contribution is -2.50. The maximum atomic E-state index is 13.4. The first kappa shape index (κ1) is 22.0. The van der Waals surface area contributed by atoms with Crippen molar-refractivity contribution < 1.29 is 9.53 Å². The van der Waals surface area contributed by atoms with Crippen LogP contribution in [0.5, 0.6) is 5.75 Å². The molecule has 32 heavy (non-hydrogen) atoms. The van der Waals surface area contributed by atoms with E-state index in [1.165, 1.54) is 4.68 Å². The SMILES string of the molecule is Cc1nnnn1/C(=C\c1ccccc1)C(=O)N1CCN(CCOc2ccc(Cl)cc2)CC1. The lowest BCUT2D eigenvalue weighted by Gasteiger charge is -2.35. The van der Waals surface area contributed by atoms with E-state index >= 15 is 0 Å². The summed E-state index contributed by atoms with van der Waals surface area (Å²) in [6.07, 6.45) is 1.83. The van der Waals surface area contributed by atoms with Crippen molar-refractivity contribution >= 4 is 29.3 Å². The van der Waals surface area contributed by atoms with Crippen molar-refractivity contribution in [3.05, 3.63) is 71.0 Å². The molecule has 1 amide bonds. The van der Waals surface area contributed by atoms with E-state index in [1.54, 1.807) is 6.92 Å². The molecule has 0 atom stereocenters. The predicted octanol–water partition coefficient (Wildman–Crippen LogP) is 2.86. The van der Waals surface area contributed by atoms with Gasteiger partial charge in [0.1, 0.15) is 18.1 Å². The zero-order valence-electron chi connectivity index (χ0n) is 17.9. The molecular formula is C23H25ClN6O2. The molecule has 3 aromatic rings. The third-order valence-electron chi connectivity index (χ3n) is 5.33. The van der Waals surface area contributed by atoms with Crippen LogP contribution in [0.2, 0.25) is 5.02 Å². The highest BCUT2D eigenvalue weighted by molar-refractivity contribution is 6.30. The van der Waals surface area contributed by atoms with Gasteiger partial charge in [-0.2, -0.15) is 4.68 Å². The molecule has 0 aliphatic carbocycles. The van der Waals surface area contributed by atoms with Crippen LogP contribution in [0.25, 0.3) is 11.8 Å². The van der Waals surface area contributed by atoms with Crippen molar-refractivity contribution in [2.24, 2.45) is 0 Å². The van der Waals surface area contributed by atoms with Gasteiger partial charge in [-0.25, -0.2) is 0 Å². The van der Waals surface area contributed by atoms with Gasteiger partial charge < -0.3 is 9.64 Å². The molecule has 9 heteroatoms. The van der Waals surface area contributed by atoms with Gasteiger partial charge in [0.2, 0.25) is 0 Å². The summed E-state index contributed by atoms with van der Waals surface area (Å²) in [6.45, 7) is 5.98. The standard InChI is InChI=1S/C23H25ClN6O2/c1-18-25-26-27-30(18)22(17-19-5-3-2-4-6-19)23(31)29-13-11-28(12-14-29)15-16-32-21-9-7-20(24)8-10-21/h2-10,17H,11-16H2,1H3/b22-17-. The van der Waals surface area contributed by atoms with Crippen LogP contribution in [0.1, 0.15) is 11.4 Å². The summed E-state index contributed by atoms with van der Waals surface area (Å²) in [4.78, 5) is 17.5. The highest BCUT2D eigenvalue weighted by atomic mass is 35.5. The maximum Gasteiger partial charge on any atom is 0.272 e. The molecule has 0 N–H and O–H groups in total. The average Bonchev–Trinajstić information content (AvgIpc) is 3.25. The Morgan fingerprint density at radius 1 is 1.06 bits per heavy atom. The number of carbonyl (C=O) groups is 1. The van der Waals surface area contributed by atoms with Crippen molar-refractivity contribution in [3.8, 4) is 5.75 Å². The molecule has 8 nitrogen and oxygen atoms in total. The van der Waals surface area contributed by atoms with E-state index in [9.17, 15) is 4.79 Å². The number of tetrazole rings is 1. The summed E-state index contributed by atoms with van der Waals surface area (Å²) >= 11 is 5.90. The van der Waals surface area contributed by atoms with Gasteiger partial charge in [0.25, 0.3) is 5.91 Å². The first-order valence-electron chi connectivity index (χ1n) is 10.5. The van der Waals surface area contributed by atoms with Gasteiger partial charge in [0, 0.05) is 37.7 Å². The summed E-state index contributed by atoms with van der Waals surface area (Å²) in [5, 5.41) is 12.4. The van der Waals surface area contributed by atoms with Gasteiger partial charge in [-0.05, 0) is 53.3 Å². The fourth-order valence-electron chi connectivity index (χ4n) is 3.53. The lowest BCUT2D eigenvalue weighted by atomic mass is 10.1. The zero-order chi connectivity index (χ0) is 22.3. The van der Waals surface area contributed by atoms with Gasteiger partial charge in [0.05, 0.1) is 0 Å². The zero-order valence-corrected chi connectivity index (χ0v) is 18.6. The molecular weight excluding hydrogens is 428 g/mol. The van der Waals surface area contributed by atoms with Gasteiger partial charge in [-0.3, -0.25) is 9.69 Å². The fourth-order valence-corrected chi connectivity index (χ4v) is 3.66. The molecule has 0 saturated carbocycles. The Balaban J connectivity index is 1.36. The van der Waals surface area contributed by atoms with Crippen molar-refractivity contribution in [3.63, 3.8) is 0 Å². The number of aromatic nitrogens is 4. The largest absolute Gasteiger partial charge is 0.492 e. The number of benzene rings is 2. The molecule has 0 spiro atoms. The van der Waals surface area contributed by atoms with E-state index in [0.29, 0.717) is 36.2 Å². The lowest BCUT2D eigenvalue weighted by molar-refractivity contribution is -0.127. The number of carbonyl (C=O) groups excluding carboxylic acids is 1. The number of hydrogen-bond donors (Lipinski definition) is 0. The van der Waals surface area contributed by atoms with Crippen LogP contribution in [0, 0.1) is 6.92 Å². The van der Waals surface area contributed by atoms with Gasteiger partial charge in [0.15, 0.2) is 5.82 Å². The first-order chi connectivity index (χ1) is 15.6. The molecule has 1 fully saturated rings. The average molecular weight is 453 g/mol. The molecule has 0 bridgehead atoms. The van der Waals surface area contributed by atoms with Crippen LogP contribution in [-0.2, 0) is 4.79 Å². The second-order valence-electron chi connectivity index (χ2n) is 7.51. The Kier molecular flexibility index (Phi) is 7.14. The third-order valence-corrected chi connectivity index (χ3v) is 5.58. The normalized spacial score (nSPS) is 15.1. The quantitative estimate of drug-likeness (QED) is 0.513. The Labute approximate surface area is 192 Å². The minimum atomic E-state index is -0.0821. The number of aryl methyl sites for hydroxylation is 1. The number of rotatable bonds is 7. The second-order valence-corrected chi connectivity index (χ2v) is 7.95. The minimum Gasteiger partial charge on any atom is -0.492 e. The number of amides is 1. The molecule has 2 heterocycles. The molecule has 1 aliphatic heterocycles. The molecule has 1 aromatic heterocycles.